The molecule has 1 aliphatic heterocycles. The molecule has 126 valence electrons. The van der Waals surface area contributed by atoms with E-state index < -0.39 is 5.97 Å². The summed E-state index contributed by atoms with van der Waals surface area (Å²) in [6.45, 7) is 2.39. The highest BCUT2D eigenvalue weighted by molar-refractivity contribution is 5.92. The van der Waals surface area contributed by atoms with Gasteiger partial charge in [-0.05, 0) is 38.3 Å². The van der Waals surface area contributed by atoms with Crippen LogP contribution >= 0.6 is 0 Å². The number of hydrogen-bond acceptors (Lipinski definition) is 4. The molecule has 0 bridgehead atoms. The van der Waals surface area contributed by atoms with Gasteiger partial charge in [0.15, 0.2) is 12.0 Å². The number of piperidine rings is 1. The number of H-pyrrole nitrogens is 1. The second-order valence-electron chi connectivity index (χ2n) is 6.10. The number of ether oxygens (including phenoxy) is 1. The summed E-state index contributed by atoms with van der Waals surface area (Å²) in [5.41, 5.74) is 0.360. The van der Waals surface area contributed by atoms with Gasteiger partial charge in [0.25, 0.3) is 5.91 Å². The van der Waals surface area contributed by atoms with E-state index in [1.807, 2.05) is 6.92 Å². The molecule has 0 unspecified atom stereocenters. The van der Waals surface area contributed by atoms with Gasteiger partial charge in [0, 0.05) is 29.6 Å². The predicted octanol–water partition coefficient (Wildman–Crippen LogP) is 2.09. The number of rotatable bonds is 3. The van der Waals surface area contributed by atoms with Crippen molar-refractivity contribution in [1.29, 1.82) is 0 Å². The van der Waals surface area contributed by atoms with E-state index in [-0.39, 0.29) is 29.7 Å². The Morgan fingerprint density at radius 1 is 1.29 bits per heavy atom. The van der Waals surface area contributed by atoms with Gasteiger partial charge in [-0.25, -0.2) is 4.79 Å². The molecule has 0 aliphatic carbocycles. The lowest BCUT2D eigenvalue weighted by Crippen LogP contribution is -2.44. The number of pyridine rings is 1. The number of benzene rings is 1. The fourth-order valence-electron chi connectivity index (χ4n) is 3.06. The Bertz CT molecular complexity index is 827. The third kappa shape index (κ3) is 3.32. The highest BCUT2D eigenvalue weighted by Gasteiger charge is 2.24. The van der Waals surface area contributed by atoms with Crippen LogP contribution in [0.1, 0.15) is 36.7 Å². The predicted molar refractivity (Wildman–Crippen MR) is 89.9 cm³/mol. The fourth-order valence-corrected chi connectivity index (χ4v) is 3.06. The number of fused-ring (bicyclic) bond motifs is 1. The average molecular weight is 328 g/mol. The Morgan fingerprint density at radius 3 is 2.88 bits per heavy atom. The first-order valence-corrected chi connectivity index (χ1v) is 8.15. The molecule has 2 aromatic rings. The maximum Gasteiger partial charge on any atom is 0.355 e. The molecule has 24 heavy (non-hydrogen) atoms. The third-order valence-electron chi connectivity index (χ3n) is 4.41. The number of hydrogen-bond donors (Lipinski definition) is 1. The zero-order chi connectivity index (χ0) is 17.1. The summed E-state index contributed by atoms with van der Waals surface area (Å²) in [6, 6.07) is 8.31. The van der Waals surface area contributed by atoms with Crippen molar-refractivity contribution in [2.75, 3.05) is 13.2 Å². The van der Waals surface area contributed by atoms with E-state index in [0.29, 0.717) is 17.4 Å². The minimum absolute atomic E-state index is 0.0539. The number of nitrogens with one attached hydrogen (secondary N) is 1. The monoisotopic (exact) mass is 328 g/mol. The van der Waals surface area contributed by atoms with Gasteiger partial charge in [0.2, 0.25) is 0 Å². The highest BCUT2D eigenvalue weighted by Crippen LogP contribution is 2.16. The molecule has 2 heterocycles. The van der Waals surface area contributed by atoms with Crippen molar-refractivity contribution in [1.82, 2.24) is 9.88 Å². The molecule has 1 atom stereocenters. The summed E-state index contributed by atoms with van der Waals surface area (Å²) in [7, 11) is 0. The Kier molecular flexibility index (Phi) is 4.64. The van der Waals surface area contributed by atoms with Gasteiger partial charge < -0.3 is 14.6 Å². The topological polar surface area (TPSA) is 79.5 Å². The number of aromatic amines is 1. The molecule has 1 fully saturated rings. The molecular formula is C18H20N2O4. The summed E-state index contributed by atoms with van der Waals surface area (Å²) >= 11 is 0. The summed E-state index contributed by atoms with van der Waals surface area (Å²) in [4.78, 5) is 41.0. The molecule has 1 N–H and O–H groups in total. The van der Waals surface area contributed by atoms with Gasteiger partial charge >= 0.3 is 5.97 Å². The highest BCUT2D eigenvalue weighted by atomic mass is 16.5. The van der Waals surface area contributed by atoms with Gasteiger partial charge in [0.05, 0.1) is 0 Å². The Balaban J connectivity index is 1.69. The van der Waals surface area contributed by atoms with E-state index in [4.69, 9.17) is 4.74 Å². The van der Waals surface area contributed by atoms with Gasteiger partial charge in [-0.15, -0.1) is 0 Å². The van der Waals surface area contributed by atoms with Crippen LogP contribution < -0.4 is 5.43 Å². The van der Waals surface area contributed by atoms with E-state index in [1.54, 1.807) is 29.2 Å². The van der Waals surface area contributed by atoms with Gasteiger partial charge in [-0.3, -0.25) is 9.59 Å². The maximum atomic E-state index is 12.2. The Morgan fingerprint density at radius 2 is 2.08 bits per heavy atom. The first-order chi connectivity index (χ1) is 11.6. The van der Waals surface area contributed by atoms with Crippen molar-refractivity contribution in [3.8, 4) is 0 Å². The first kappa shape index (κ1) is 16.2. The largest absolute Gasteiger partial charge is 0.451 e. The number of amides is 1. The van der Waals surface area contributed by atoms with E-state index >= 15 is 0 Å². The number of carbonyl (C=O) groups is 2. The second kappa shape index (κ2) is 6.86. The average Bonchev–Trinajstić information content (AvgIpc) is 2.59. The van der Waals surface area contributed by atoms with Gasteiger partial charge in [-0.2, -0.15) is 0 Å². The minimum atomic E-state index is -0.698. The molecule has 1 saturated heterocycles. The zero-order valence-electron chi connectivity index (χ0n) is 13.6. The van der Waals surface area contributed by atoms with E-state index in [0.717, 1.165) is 19.3 Å². The second-order valence-corrected chi connectivity index (χ2v) is 6.10. The minimum Gasteiger partial charge on any atom is -0.451 e. The number of nitrogens with zero attached hydrogens (tertiary/aromatic N) is 1. The van der Waals surface area contributed by atoms with Crippen molar-refractivity contribution < 1.29 is 14.3 Å². The molecule has 3 rings (SSSR count). The molecule has 0 saturated carbocycles. The number of carbonyl (C=O) groups excluding carboxylic acids is 2. The lowest BCUT2D eigenvalue weighted by molar-refractivity contribution is -0.137. The summed E-state index contributed by atoms with van der Waals surface area (Å²) in [6.07, 6.45) is 3.06. The van der Waals surface area contributed by atoms with Crippen LogP contribution in [0.5, 0.6) is 0 Å². The van der Waals surface area contributed by atoms with Crippen LogP contribution in [-0.4, -0.2) is 41.0 Å². The number of likely N-dealkylation sites (tertiary alicyclic amines) is 1. The van der Waals surface area contributed by atoms with Crippen LogP contribution in [0.25, 0.3) is 10.9 Å². The van der Waals surface area contributed by atoms with Crippen LogP contribution in [0.2, 0.25) is 0 Å². The molecule has 0 spiro atoms. The molecule has 6 heteroatoms. The SMILES string of the molecule is C[C@@H]1CCCCN1C(=O)COC(=O)c1cc(=O)c2ccccc2[nH]1. The maximum absolute atomic E-state index is 12.2. The Hall–Kier alpha value is -2.63. The lowest BCUT2D eigenvalue weighted by atomic mass is 10.0. The smallest absolute Gasteiger partial charge is 0.355 e. The van der Waals surface area contributed by atoms with E-state index in [9.17, 15) is 14.4 Å². The van der Waals surface area contributed by atoms with Crippen LogP contribution in [0.15, 0.2) is 35.1 Å². The van der Waals surface area contributed by atoms with Gasteiger partial charge in [-0.1, -0.05) is 12.1 Å². The molecule has 1 aliphatic rings. The van der Waals surface area contributed by atoms with Crippen molar-refractivity contribution in [3.05, 3.63) is 46.2 Å². The summed E-state index contributed by atoms with van der Waals surface area (Å²) in [5, 5.41) is 0.507. The van der Waals surface area contributed by atoms with Gasteiger partial charge in [0.1, 0.15) is 5.69 Å². The zero-order valence-corrected chi connectivity index (χ0v) is 13.6. The van der Waals surface area contributed by atoms with Crippen molar-refractivity contribution in [2.24, 2.45) is 0 Å². The lowest BCUT2D eigenvalue weighted by Gasteiger charge is -2.33. The number of esters is 1. The van der Waals surface area contributed by atoms with Crippen LogP contribution in [0, 0.1) is 0 Å². The van der Waals surface area contributed by atoms with E-state index in [1.165, 1.54) is 6.07 Å². The first-order valence-electron chi connectivity index (χ1n) is 8.15. The third-order valence-corrected chi connectivity index (χ3v) is 4.41. The molecule has 1 aromatic heterocycles. The fraction of sp³-hybridized carbons (Fsp3) is 0.389. The summed E-state index contributed by atoms with van der Waals surface area (Å²) < 4.78 is 5.10. The van der Waals surface area contributed by atoms with Crippen molar-refractivity contribution in [3.63, 3.8) is 0 Å². The Labute approximate surface area is 139 Å². The molecule has 1 amide bonds. The van der Waals surface area contributed by atoms with Crippen LogP contribution in [-0.2, 0) is 9.53 Å². The van der Waals surface area contributed by atoms with Crippen molar-refractivity contribution >= 4 is 22.8 Å². The molecule has 6 nitrogen and oxygen atoms in total. The number of aromatic nitrogens is 1. The van der Waals surface area contributed by atoms with Crippen LogP contribution in [0.3, 0.4) is 0 Å². The summed E-state index contributed by atoms with van der Waals surface area (Å²) in [5.74, 6) is -0.894. The van der Waals surface area contributed by atoms with Crippen LogP contribution in [0.4, 0.5) is 0 Å². The molecular weight excluding hydrogens is 308 g/mol. The van der Waals surface area contributed by atoms with Crippen molar-refractivity contribution in [2.45, 2.75) is 32.2 Å². The molecule has 1 aromatic carbocycles. The van der Waals surface area contributed by atoms with E-state index in [2.05, 4.69) is 4.98 Å². The normalized spacial score (nSPS) is 17.7. The quantitative estimate of drug-likeness (QED) is 0.875. The molecule has 0 radical (unpaired) electrons. The number of para-hydroxylation sites is 1. The standard InChI is InChI=1S/C18H20N2O4/c1-12-6-4-5-9-20(12)17(22)11-24-18(23)15-10-16(21)13-7-2-3-8-14(13)19-15/h2-3,7-8,10,12H,4-6,9,11H2,1H3,(H,19,21)/t12-/m1/s1.